The lowest BCUT2D eigenvalue weighted by Gasteiger charge is -2.22. The molecule has 2 heterocycles. The maximum atomic E-state index is 14.3. The number of anilines is 1. The largest absolute Gasteiger partial charge is 0.361 e. The summed E-state index contributed by atoms with van der Waals surface area (Å²) in [6.45, 7) is 3.26. The third-order valence-corrected chi connectivity index (χ3v) is 6.64. The molecule has 0 aliphatic rings. The van der Waals surface area contributed by atoms with Crippen LogP contribution in [0.1, 0.15) is 35.3 Å². The van der Waals surface area contributed by atoms with E-state index in [9.17, 15) is 18.4 Å². The van der Waals surface area contributed by atoms with E-state index in [1.165, 1.54) is 31.2 Å². The second kappa shape index (κ2) is 11.5. The maximum absolute atomic E-state index is 14.3. The molecule has 0 saturated carbocycles. The molecule has 2 aromatic heterocycles. The zero-order valence-electron chi connectivity index (χ0n) is 22.1. The fourth-order valence-corrected chi connectivity index (χ4v) is 4.97. The van der Waals surface area contributed by atoms with E-state index in [1.54, 1.807) is 30.6 Å². The molecule has 5 rings (SSSR count). The molecule has 202 valence electrons. The predicted octanol–water partition coefficient (Wildman–Crippen LogP) is 6.42. The number of aromatic amines is 1. The van der Waals surface area contributed by atoms with E-state index in [4.69, 9.17) is 0 Å². The molecule has 40 heavy (non-hydrogen) atoms. The molecule has 0 aliphatic carbocycles. The summed E-state index contributed by atoms with van der Waals surface area (Å²) in [6, 6.07) is 19.7. The van der Waals surface area contributed by atoms with Crippen LogP contribution in [0.2, 0.25) is 0 Å². The Morgan fingerprint density at radius 3 is 2.52 bits per heavy atom. The van der Waals surface area contributed by atoms with E-state index >= 15 is 0 Å². The summed E-state index contributed by atoms with van der Waals surface area (Å²) in [5.41, 5.74) is 5.83. The first-order valence-corrected chi connectivity index (χ1v) is 12.9. The maximum Gasteiger partial charge on any atom is 0.225 e. The van der Waals surface area contributed by atoms with E-state index in [0.717, 1.165) is 27.8 Å². The van der Waals surface area contributed by atoms with Gasteiger partial charge >= 0.3 is 0 Å². The first kappa shape index (κ1) is 26.7. The quantitative estimate of drug-likeness (QED) is 0.213. The van der Waals surface area contributed by atoms with Gasteiger partial charge in [-0.3, -0.25) is 14.6 Å². The van der Waals surface area contributed by atoms with Crippen molar-refractivity contribution in [3.8, 4) is 11.1 Å². The number of nitrogens with one attached hydrogen (secondary N) is 3. The molecule has 5 aromatic rings. The molecule has 0 saturated heterocycles. The molecule has 0 unspecified atom stereocenters. The number of H-pyrrole nitrogens is 1. The molecule has 0 fully saturated rings. The Labute approximate surface area is 230 Å². The highest BCUT2D eigenvalue weighted by molar-refractivity contribution is 5.90. The van der Waals surface area contributed by atoms with Gasteiger partial charge in [0.15, 0.2) is 0 Å². The fourth-order valence-electron chi connectivity index (χ4n) is 4.97. The Hall–Kier alpha value is -4.85. The zero-order valence-corrected chi connectivity index (χ0v) is 22.1. The molecule has 0 radical (unpaired) electrons. The molecular formula is C32H28F2N4O2. The number of pyridine rings is 1. The van der Waals surface area contributed by atoms with E-state index in [0.29, 0.717) is 28.8 Å². The van der Waals surface area contributed by atoms with Crippen molar-refractivity contribution in [3.63, 3.8) is 0 Å². The van der Waals surface area contributed by atoms with Crippen molar-refractivity contribution in [2.24, 2.45) is 0 Å². The SMILES string of the molecule is CC(=O)Nc1ccc(-c2cccnc2[C@H](Cc2cc(C)cc(F)c2)NC(=O)Cc2c[nH]c3ccc(F)cc23)cc1. The summed E-state index contributed by atoms with van der Waals surface area (Å²) in [4.78, 5) is 32.5. The van der Waals surface area contributed by atoms with Crippen LogP contribution in [-0.4, -0.2) is 21.8 Å². The van der Waals surface area contributed by atoms with Crippen molar-refractivity contribution in [3.05, 3.63) is 119 Å². The van der Waals surface area contributed by atoms with Gasteiger partial charge in [-0.25, -0.2) is 8.78 Å². The summed E-state index contributed by atoms with van der Waals surface area (Å²) < 4.78 is 28.2. The Morgan fingerprint density at radius 1 is 0.975 bits per heavy atom. The minimum absolute atomic E-state index is 0.0235. The number of hydrogen-bond donors (Lipinski definition) is 3. The van der Waals surface area contributed by atoms with Crippen LogP contribution in [-0.2, 0) is 22.4 Å². The first-order valence-electron chi connectivity index (χ1n) is 12.9. The number of carbonyl (C=O) groups is 2. The molecule has 6 nitrogen and oxygen atoms in total. The second-order valence-corrected chi connectivity index (χ2v) is 9.84. The van der Waals surface area contributed by atoms with Gasteiger partial charge in [0.2, 0.25) is 11.8 Å². The van der Waals surface area contributed by atoms with Crippen molar-refractivity contribution in [1.82, 2.24) is 15.3 Å². The standard InChI is InChI=1S/C32H28F2N4O2/c1-19-12-21(14-25(34)13-19)15-30(38-31(40)16-23-18-36-29-10-7-24(33)17-28(23)29)32-27(4-3-11-35-32)22-5-8-26(9-6-22)37-20(2)39/h3-14,17-18,30,36H,15-16H2,1-2H3,(H,37,39)(H,38,40)/t30-/m0/s1. The number of amides is 2. The van der Waals surface area contributed by atoms with Gasteiger partial charge in [0.05, 0.1) is 18.2 Å². The van der Waals surface area contributed by atoms with E-state index in [-0.39, 0.29) is 29.9 Å². The lowest BCUT2D eigenvalue weighted by molar-refractivity contribution is -0.121. The highest BCUT2D eigenvalue weighted by Gasteiger charge is 2.22. The number of fused-ring (bicyclic) bond motifs is 1. The Balaban J connectivity index is 1.48. The van der Waals surface area contributed by atoms with Gasteiger partial charge in [-0.05, 0) is 84.1 Å². The molecule has 3 N–H and O–H groups in total. The number of rotatable bonds is 8. The molecule has 0 spiro atoms. The minimum Gasteiger partial charge on any atom is -0.361 e. The summed E-state index contributed by atoms with van der Waals surface area (Å²) >= 11 is 0. The third kappa shape index (κ3) is 6.23. The Bertz CT molecular complexity index is 1680. The van der Waals surface area contributed by atoms with Crippen molar-refractivity contribution in [2.75, 3.05) is 5.32 Å². The van der Waals surface area contributed by atoms with Crippen LogP contribution in [0.5, 0.6) is 0 Å². The zero-order chi connectivity index (χ0) is 28.2. The highest BCUT2D eigenvalue weighted by Crippen LogP contribution is 2.30. The third-order valence-electron chi connectivity index (χ3n) is 6.64. The van der Waals surface area contributed by atoms with Crippen LogP contribution in [0.25, 0.3) is 22.0 Å². The van der Waals surface area contributed by atoms with Crippen LogP contribution < -0.4 is 10.6 Å². The van der Waals surface area contributed by atoms with Crippen molar-refractivity contribution in [2.45, 2.75) is 32.7 Å². The van der Waals surface area contributed by atoms with E-state index in [2.05, 4.69) is 20.6 Å². The number of nitrogens with zero attached hydrogens (tertiary/aromatic N) is 1. The second-order valence-electron chi connectivity index (χ2n) is 9.84. The summed E-state index contributed by atoms with van der Waals surface area (Å²) in [5, 5.41) is 6.50. The van der Waals surface area contributed by atoms with Gasteiger partial charge in [0.25, 0.3) is 0 Å². The van der Waals surface area contributed by atoms with Crippen molar-refractivity contribution >= 4 is 28.4 Å². The van der Waals surface area contributed by atoms with Crippen LogP contribution in [0.4, 0.5) is 14.5 Å². The number of hydrogen-bond acceptors (Lipinski definition) is 3. The lowest BCUT2D eigenvalue weighted by Crippen LogP contribution is -2.32. The fraction of sp³-hybridized carbons (Fsp3) is 0.156. The predicted molar refractivity (Wildman–Crippen MR) is 152 cm³/mol. The van der Waals surface area contributed by atoms with Gasteiger partial charge in [-0.15, -0.1) is 0 Å². The first-order chi connectivity index (χ1) is 19.2. The van der Waals surface area contributed by atoms with Gasteiger partial charge in [0, 0.05) is 41.5 Å². The number of halogens is 2. The summed E-state index contributed by atoms with van der Waals surface area (Å²) in [6.07, 6.45) is 3.69. The van der Waals surface area contributed by atoms with E-state index < -0.39 is 6.04 Å². The minimum atomic E-state index is -0.582. The van der Waals surface area contributed by atoms with Gasteiger partial charge in [-0.1, -0.05) is 24.3 Å². The smallest absolute Gasteiger partial charge is 0.225 e. The van der Waals surface area contributed by atoms with Gasteiger partial charge in [-0.2, -0.15) is 0 Å². The monoisotopic (exact) mass is 538 g/mol. The summed E-state index contributed by atoms with van der Waals surface area (Å²) in [5.74, 6) is -1.17. The topological polar surface area (TPSA) is 86.9 Å². The van der Waals surface area contributed by atoms with E-state index in [1.807, 2.05) is 37.3 Å². The number of aromatic nitrogens is 2. The van der Waals surface area contributed by atoms with Crippen molar-refractivity contribution in [1.29, 1.82) is 0 Å². The average Bonchev–Trinajstić information content (AvgIpc) is 3.29. The molecular weight excluding hydrogens is 510 g/mol. The van der Waals surface area contributed by atoms with Crippen LogP contribution in [0.3, 0.4) is 0 Å². The number of carbonyl (C=O) groups excluding carboxylic acids is 2. The van der Waals surface area contributed by atoms with Gasteiger partial charge < -0.3 is 15.6 Å². The van der Waals surface area contributed by atoms with Crippen molar-refractivity contribution < 1.29 is 18.4 Å². The van der Waals surface area contributed by atoms with Crippen LogP contribution in [0.15, 0.2) is 85.2 Å². The highest BCUT2D eigenvalue weighted by atomic mass is 19.1. The Kier molecular flexibility index (Phi) is 7.68. The number of aryl methyl sites for hydroxylation is 1. The molecule has 8 heteroatoms. The molecule has 1 atom stereocenters. The molecule has 0 bridgehead atoms. The molecule has 2 amide bonds. The molecule has 3 aromatic carbocycles. The van der Waals surface area contributed by atoms with Crippen LogP contribution >= 0.6 is 0 Å². The summed E-state index contributed by atoms with van der Waals surface area (Å²) in [7, 11) is 0. The Morgan fingerprint density at radius 2 is 1.77 bits per heavy atom. The van der Waals surface area contributed by atoms with Crippen LogP contribution in [0, 0.1) is 18.6 Å². The average molecular weight is 539 g/mol. The normalized spacial score (nSPS) is 11.8. The number of benzene rings is 3. The van der Waals surface area contributed by atoms with Gasteiger partial charge in [0.1, 0.15) is 11.6 Å². The molecule has 0 aliphatic heterocycles. The lowest BCUT2D eigenvalue weighted by atomic mass is 9.94.